The number of pyridine rings is 1. The van der Waals surface area contributed by atoms with E-state index in [1.807, 2.05) is 18.2 Å². The fraction of sp³-hybridized carbons (Fsp3) is 0.360. The first kappa shape index (κ1) is 18.9. The summed E-state index contributed by atoms with van der Waals surface area (Å²) >= 11 is 0. The first-order chi connectivity index (χ1) is 14.6. The molecule has 1 amide bonds. The lowest BCUT2D eigenvalue weighted by molar-refractivity contribution is -0.130. The summed E-state index contributed by atoms with van der Waals surface area (Å²) in [6.07, 6.45) is 0. The number of rotatable bonds is 3. The lowest BCUT2D eigenvalue weighted by Crippen LogP contribution is -2.34. The summed E-state index contributed by atoms with van der Waals surface area (Å²) < 4.78 is 5.56. The van der Waals surface area contributed by atoms with Gasteiger partial charge in [0.15, 0.2) is 0 Å². The van der Waals surface area contributed by atoms with Crippen LogP contribution in [-0.2, 0) is 4.79 Å². The molecule has 5 heteroatoms. The summed E-state index contributed by atoms with van der Waals surface area (Å²) in [7, 11) is 1.69. The summed E-state index contributed by atoms with van der Waals surface area (Å²) in [5.41, 5.74) is 3.35. The maximum absolute atomic E-state index is 12.4. The van der Waals surface area contributed by atoms with Gasteiger partial charge in [0.05, 0.1) is 13.2 Å². The number of hydrogen-bond donors (Lipinski definition) is 0. The number of methoxy groups -OCH3 is 1. The molecule has 0 saturated carbocycles. The van der Waals surface area contributed by atoms with Gasteiger partial charge in [-0.3, -0.25) is 4.79 Å². The van der Waals surface area contributed by atoms with Crippen molar-refractivity contribution in [2.45, 2.75) is 19.9 Å². The number of aryl methyl sites for hydroxylation is 1. The van der Waals surface area contributed by atoms with Gasteiger partial charge >= 0.3 is 0 Å². The normalized spacial score (nSPS) is 23.1. The monoisotopic (exact) mass is 401 g/mol. The number of hydrogen-bond acceptors (Lipinski definition) is 4. The Balaban J connectivity index is 1.49. The minimum absolute atomic E-state index is 0.134. The van der Waals surface area contributed by atoms with Crippen LogP contribution < -0.4 is 9.64 Å². The van der Waals surface area contributed by atoms with Crippen molar-refractivity contribution < 1.29 is 9.53 Å². The number of carbonyl (C=O) groups is 1. The molecule has 3 aromatic rings. The number of benzene rings is 2. The van der Waals surface area contributed by atoms with Gasteiger partial charge in [0.2, 0.25) is 5.91 Å². The molecule has 2 aromatic carbocycles. The number of amides is 1. The highest BCUT2D eigenvalue weighted by atomic mass is 16.5. The van der Waals surface area contributed by atoms with Crippen molar-refractivity contribution in [1.29, 1.82) is 0 Å². The number of para-hydroxylation sites is 1. The Hall–Kier alpha value is -3.08. The summed E-state index contributed by atoms with van der Waals surface area (Å²) in [4.78, 5) is 21.8. The number of aromatic nitrogens is 1. The number of carbonyl (C=O) groups excluding carboxylic acids is 1. The van der Waals surface area contributed by atoms with Crippen molar-refractivity contribution in [2.75, 3.05) is 31.6 Å². The highest BCUT2D eigenvalue weighted by Gasteiger charge is 2.48. The Morgan fingerprint density at radius 1 is 1.07 bits per heavy atom. The maximum Gasteiger partial charge on any atom is 0.219 e. The van der Waals surface area contributed by atoms with Crippen molar-refractivity contribution >= 4 is 22.6 Å². The zero-order valence-corrected chi connectivity index (χ0v) is 17.7. The third-order valence-corrected chi connectivity index (χ3v) is 6.75. The molecule has 0 bridgehead atoms. The Kier molecular flexibility index (Phi) is 4.61. The van der Waals surface area contributed by atoms with Gasteiger partial charge in [0.25, 0.3) is 0 Å². The van der Waals surface area contributed by atoms with Crippen LogP contribution in [0.5, 0.6) is 5.75 Å². The van der Waals surface area contributed by atoms with Crippen molar-refractivity contribution in [3.05, 3.63) is 65.7 Å². The average Bonchev–Trinajstić information content (AvgIpc) is 3.32. The van der Waals surface area contributed by atoms with E-state index in [0.717, 1.165) is 42.1 Å². The fourth-order valence-electron chi connectivity index (χ4n) is 5.33. The first-order valence-electron chi connectivity index (χ1n) is 10.6. The van der Waals surface area contributed by atoms with Gasteiger partial charge in [0, 0.05) is 43.8 Å². The molecule has 1 aromatic heterocycles. The Morgan fingerprint density at radius 3 is 2.60 bits per heavy atom. The van der Waals surface area contributed by atoms with E-state index in [0.29, 0.717) is 11.8 Å². The summed E-state index contributed by atoms with van der Waals surface area (Å²) in [6, 6.07) is 18.8. The van der Waals surface area contributed by atoms with Crippen molar-refractivity contribution in [1.82, 2.24) is 9.88 Å². The second-order valence-electron chi connectivity index (χ2n) is 8.51. The molecule has 5 nitrogen and oxygen atoms in total. The van der Waals surface area contributed by atoms with Crippen molar-refractivity contribution in [2.24, 2.45) is 11.8 Å². The van der Waals surface area contributed by atoms with Crippen LogP contribution in [0.15, 0.2) is 54.6 Å². The Labute approximate surface area is 177 Å². The second kappa shape index (κ2) is 7.31. The molecule has 0 spiro atoms. The predicted molar refractivity (Wildman–Crippen MR) is 119 cm³/mol. The molecule has 154 valence electrons. The molecular weight excluding hydrogens is 374 g/mol. The number of nitrogens with zero attached hydrogens (tertiary/aromatic N) is 3. The molecule has 0 N–H and O–H groups in total. The third kappa shape index (κ3) is 3.00. The minimum Gasteiger partial charge on any atom is -0.494 e. The number of fused-ring (bicyclic) bond motifs is 2. The molecule has 0 aliphatic carbocycles. The van der Waals surface area contributed by atoms with E-state index in [9.17, 15) is 4.79 Å². The van der Waals surface area contributed by atoms with Crippen LogP contribution in [0.1, 0.15) is 24.1 Å². The van der Waals surface area contributed by atoms with E-state index in [1.54, 1.807) is 14.0 Å². The number of anilines is 1. The molecule has 2 fully saturated rings. The van der Waals surface area contributed by atoms with Gasteiger partial charge in [-0.05, 0) is 30.2 Å². The largest absolute Gasteiger partial charge is 0.494 e. The number of likely N-dealkylation sites (tertiary alicyclic amines) is 1. The van der Waals surface area contributed by atoms with E-state index in [2.05, 4.69) is 53.1 Å². The molecule has 2 aliphatic rings. The molecule has 2 aliphatic heterocycles. The van der Waals surface area contributed by atoms with Crippen LogP contribution in [0.4, 0.5) is 5.82 Å². The molecule has 2 saturated heterocycles. The summed E-state index contributed by atoms with van der Waals surface area (Å²) in [6.45, 7) is 6.46. The second-order valence-corrected chi connectivity index (χ2v) is 8.51. The smallest absolute Gasteiger partial charge is 0.219 e. The topological polar surface area (TPSA) is 45.7 Å². The molecule has 5 rings (SSSR count). The Morgan fingerprint density at radius 2 is 1.87 bits per heavy atom. The zero-order valence-electron chi connectivity index (χ0n) is 17.7. The van der Waals surface area contributed by atoms with Crippen LogP contribution in [0.3, 0.4) is 0 Å². The van der Waals surface area contributed by atoms with Gasteiger partial charge in [-0.15, -0.1) is 0 Å². The van der Waals surface area contributed by atoms with Crippen LogP contribution >= 0.6 is 0 Å². The van der Waals surface area contributed by atoms with E-state index >= 15 is 0 Å². The standard InChI is InChI=1S/C25H27N3O2/c1-16-12-23(26-24-20(16)10-7-11-22(24)30-3)27-13-19-14-28(17(2)29)25(21(19)15-27)18-8-5-4-6-9-18/h4-12,19,21,25H,13-15H2,1-3H3/t19-,21-,25-/m1/s1. The fourth-order valence-corrected chi connectivity index (χ4v) is 5.33. The quantitative estimate of drug-likeness (QED) is 0.660. The molecular formula is C25H27N3O2. The summed E-state index contributed by atoms with van der Waals surface area (Å²) in [5, 5.41) is 1.13. The van der Waals surface area contributed by atoms with Gasteiger partial charge in [-0.1, -0.05) is 42.5 Å². The van der Waals surface area contributed by atoms with Crippen LogP contribution in [0.2, 0.25) is 0 Å². The third-order valence-electron chi connectivity index (χ3n) is 6.75. The zero-order chi connectivity index (χ0) is 20.8. The van der Waals surface area contributed by atoms with Crippen molar-refractivity contribution in [3.63, 3.8) is 0 Å². The van der Waals surface area contributed by atoms with Gasteiger partial charge in [-0.2, -0.15) is 0 Å². The highest BCUT2D eigenvalue weighted by molar-refractivity contribution is 5.89. The van der Waals surface area contributed by atoms with Crippen LogP contribution in [0.25, 0.3) is 10.9 Å². The molecule has 0 unspecified atom stereocenters. The van der Waals surface area contributed by atoms with Gasteiger partial charge in [0.1, 0.15) is 17.1 Å². The van der Waals surface area contributed by atoms with E-state index in [1.165, 1.54) is 11.1 Å². The summed E-state index contributed by atoms with van der Waals surface area (Å²) in [5.74, 6) is 2.83. The highest BCUT2D eigenvalue weighted by Crippen LogP contribution is 2.46. The van der Waals surface area contributed by atoms with E-state index in [4.69, 9.17) is 9.72 Å². The molecule has 0 radical (unpaired) electrons. The van der Waals surface area contributed by atoms with Crippen LogP contribution in [0, 0.1) is 18.8 Å². The van der Waals surface area contributed by atoms with Crippen molar-refractivity contribution in [3.8, 4) is 5.75 Å². The lowest BCUT2D eigenvalue weighted by atomic mass is 9.89. The predicted octanol–water partition coefficient (Wildman–Crippen LogP) is 4.21. The van der Waals surface area contributed by atoms with E-state index < -0.39 is 0 Å². The number of ether oxygens (including phenoxy) is 1. The van der Waals surface area contributed by atoms with Crippen LogP contribution in [-0.4, -0.2) is 42.5 Å². The molecule has 3 atom stereocenters. The van der Waals surface area contributed by atoms with Gasteiger partial charge in [-0.25, -0.2) is 4.98 Å². The SMILES string of the molecule is COc1cccc2c(C)cc(N3C[C@@H]4CN(C(C)=O)[C@H](c5ccccc5)[C@@H]4C3)nc12. The average molecular weight is 402 g/mol. The minimum atomic E-state index is 0.134. The van der Waals surface area contributed by atoms with Gasteiger partial charge < -0.3 is 14.5 Å². The Bertz CT molecular complexity index is 1100. The maximum atomic E-state index is 12.4. The van der Waals surface area contributed by atoms with E-state index in [-0.39, 0.29) is 11.9 Å². The molecule has 3 heterocycles. The molecule has 30 heavy (non-hydrogen) atoms. The lowest BCUT2D eigenvalue weighted by Gasteiger charge is -2.29. The first-order valence-corrected chi connectivity index (χ1v) is 10.6.